The van der Waals surface area contributed by atoms with Gasteiger partial charge in [-0.15, -0.1) is 24.9 Å². The fraction of sp³-hybridized carbons (Fsp3) is 0.190. The van der Waals surface area contributed by atoms with E-state index in [4.69, 9.17) is 23.2 Å². The molecule has 0 aliphatic carbocycles. The summed E-state index contributed by atoms with van der Waals surface area (Å²) in [7, 11) is 0. The Balaban J connectivity index is 1.58. The fourth-order valence-electron chi connectivity index (χ4n) is 3.11. The highest BCUT2D eigenvalue weighted by molar-refractivity contribution is 8.00. The first-order chi connectivity index (χ1) is 16.1. The summed E-state index contributed by atoms with van der Waals surface area (Å²) in [6.07, 6.45) is -4.22. The van der Waals surface area contributed by atoms with Gasteiger partial charge in [0.05, 0.1) is 32.1 Å². The summed E-state index contributed by atoms with van der Waals surface area (Å²) >= 11 is 14.3. The molecule has 0 atom stereocenters. The first-order valence-corrected chi connectivity index (χ1v) is 12.4. The highest BCUT2D eigenvalue weighted by Crippen LogP contribution is 2.31. The second-order valence-electron chi connectivity index (χ2n) is 6.92. The lowest BCUT2D eigenvalue weighted by Gasteiger charge is -2.15. The van der Waals surface area contributed by atoms with E-state index in [2.05, 4.69) is 15.0 Å². The molecule has 1 amide bonds. The molecule has 1 aliphatic heterocycles. The smallest absolute Gasteiger partial charge is 0.406 e. The van der Waals surface area contributed by atoms with E-state index < -0.39 is 12.1 Å². The molecule has 0 fully saturated rings. The second kappa shape index (κ2) is 10.1. The minimum Gasteiger partial charge on any atom is -0.406 e. The van der Waals surface area contributed by atoms with Crippen molar-refractivity contribution in [2.24, 2.45) is 0 Å². The van der Waals surface area contributed by atoms with Crippen LogP contribution in [0, 0.1) is 0 Å². The molecule has 2 heterocycles. The second-order valence-corrected chi connectivity index (χ2v) is 9.78. The van der Waals surface area contributed by atoms with Gasteiger partial charge >= 0.3 is 6.36 Å². The summed E-state index contributed by atoms with van der Waals surface area (Å²) in [5.41, 5.74) is 1.05. The molecule has 3 aromatic rings. The molecule has 178 valence electrons. The van der Waals surface area contributed by atoms with Gasteiger partial charge in [0.2, 0.25) is 5.91 Å². The summed E-state index contributed by atoms with van der Waals surface area (Å²) in [5.74, 6) is -0.161. The highest BCUT2D eigenvalue weighted by Gasteiger charge is 2.31. The number of anilines is 1. The number of nitrogens with zero attached hydrogens (tertiary/aromatic N) is 2. The Morgan fingerprint density at radius 2 is 1.91 bits per heavy atom. The van der Waals surface area contributed by atoms with Crippen LogP contribution in [0.15, 0.2) is 57.3 Å². The zero-order valence-electron chi connectivity index (χ0n) is 17.0. The van der Waals surface area contributed by atoms with Crippen molar-refractivity contribution < 1.29 is 22.7 Å². The maximum absolute atomic E-state index is 13.2. The number of amides is 1. The topological polar surface area (TPSA) is 73.2 Å². The van der Waals surface area contributed by atoms with E-state index in [1.54, 1.807) is 12.1 Å². The summed E-state index contributed by atoms with van der Waals surface area (Å²) < 4.78 is 42.6. The number of ether oxygens (including phenoxy) is 1. The van der Waals surface area contributed by atoms with Crippen LogP contribution in [0.2, 0.25) is 10.0 Å². The molecule has 0 spiro atoms. The van der Waals surface area contributed by atoms with E-state index in [0.29, 0.717) is 39.2 Å². The SMILES string of the molecule is O=C(CSc1nc2c(c(=O)n1-c1ccc(OC(F)(F)F)cc1)SCC2)Nc1ccc(Cl)c(Cl)c1. The van der Waals surface area contributed by atoms with Gasteiger partial charge in [0.1, 0.15) is 5.75 Å². The lowest BCUT2D eigenvalue weighted by Crippen LogP contribution is -2.24. The van der Waals surface area contributed by atoms with Gasteiger partial charge in [0.15, 0.2) is 5.16 Å². The molecule has 13 heteroatoms. The van der Waals surface area contributed by atoms with Gasteiger partial charge in [-0.05, 0) is 42.5 Å². The van der Waals surface area contributed by atoms with Gasteiger partial charge in [-0.25, -0.2) is 4.98 Å². The van der Waals surface area contributed by atoms with Crippen molar-refractivity contribution >= 4 is 58.3 Å². The number of fused-ring (bicyclic) bond motifs is 1. The summed E-state index contributed by atoms with van der Waals surface area (Å²) in [6, 6.07) is 9.55. The number of alkyl halides is 3. The number of nitrogens with one attached hydrogen (secondary N) is 1. The van der Waals surface area contributed by atoms with Gasteiger partial charge in [-0.3, -0.25) is 14.2 Å². The van der Waals surface area contributed by atoms with E-state index in [9.17, 15) is 22.8 Å². The number of hydrogen-bond acceptors (Lipinski definition) is 6. The third-order valence-corrected chi connectivity index (χ3v) is 7.32. The van der Waals surface area contributed by atoms with Crippen molar-refractivity contribution in [3.05, 3.63) is 68.6 Å². The Morgan fingerprint density at radius 1 is 1.18 bits per heavy atom. The normalized spacial score (nSPS) is 13.0. The van der Waals surface area contributed by atoms with Crippen LogP contribution in [0.3, 0.4) is 0 Å². The largest absolute Gasteiger partial charge is 0.573 e. The molecule has 0 radical (unpaired) electrons. The quantitative estimate of drug-likeness (QED) is 0.310. The van der Waals surface area contributed by atoms with Crippen LogP contribution in [0.1, 0.15) is 5.69 Å². The molecule has 0 unspecified atom stereocenters. The number of carbonyl (C=O) groups excluding carboxylic acids is 1. The number of benzene rings is 2. The van der Waals surface area contributed by atoms with Gasteiger partial charge < -0.3 is 10.1 Å². The van der Waals surface area contributed by atoms with E-state index >= 15 is 0 Å². The molecule has 6 nitrogen and oxygen atoms in total. The first kappa shape index (κ1) is 24.8. The molecule has 1 aliphatic rings. The predicted molar refractivity (Wildman–Crippen MR) is 127 cm³/mol. The molecule has 0 saturated carbocycles. The molecule has 0 saturated heterocycles. The molecular formula is C21H14Cl2F3N3O3S2. The number of thioether (sulfide) groups is 2. The molecule has 34 heavy (non-hydrogen) atoms. The molecule has 2 aromatic carbocycles. The van der Waals surface area contributed by atoms with Gasteiger partial charge in [0, 0.05) is 17.9 Å². The number of aromatic nitrogens is 2. The molecule has 0 bridgehead atoms. The third kappa shape index (κ3) is 5.83. The van der Waals surface area contributed by atoms with E-state index in [1.165, 1.54) is 34.5 Å². The maximum Gasteiger partial charge on any atom is 0.573 e. The van der Waals surface area contributed by atoms with Crippen LogP contribution in [0.4, 0.5) is 18.9 Å². The monoisotopic (exact) mass is 547 g/mol. The molecular weight excluding hydrogens is 534 g/mol. The minimum absolute atomic E-state index is 0.0755. The van der Waals surface area contributed by atoms with Crippen molar-refractivity contribution in [2.75, 3.05) is 16.8 Å². The van der Waals surface area contributed by atoms with E-state index in [0.717, 1.165) is 23.9 Å². The van der Waals surface area contributed by atoms with Crippen molar-refractivity contribution in [1.29, 1.82) is 0 Å². The van der Waals surface area contributed by atoms with Crippen LogP contribution in [-0.2, 0) is 11.2 Å². The maximum atomic E-state index is 13.2. The number of hydrogen-bond donors (Lipinski definition) is 1. The minimum atomic E-state index is -4.83. The number of rotatable bonds is 6. The van der Waals surface area contributed by atoms with Crippen molar-refractivity contribution in [3.8, 4) is 11.4 Å². The molecule has 1 N–H and O–H groups in total. The first-order valence-electron chi connectivity index (χ1n) is 9.63. The van der Waals surface area contributed by atoms with E-state index in [-0.39, 0.29) is 27.4 Å². The average molecular weight is 548 g/mol. The molecule has 4 rings (SSSR count). The zero-order valence-corrected chi connectivity index (χ0v) is 20.1. The lowest BCUT2D eigenvalue weighted by atomic mass is 10.3. The Hall–Kier alpha value is -2.34. The van der Waals surface area contributed by atoms with E-state index in [1.807, 2.05) is 0 Å². The van der Waals surface area contributed by atoms with Crippen molar-refractivity contribution in [1.82, 2.24) is 9.55 Å². The van der Waals surface area contributed by atoms with Gasteiger partial charge in [-0.2, -0.15) is 0 Å². The Bertz CT molecular complexity index is 1300. The number of halogens is 5. The fourth-order valence-corrected chi connectivity index (χ4v) is 5.27. The highest BCUT2D eigenvalue weighted by atomic mass is 35.5. The lowest BCUT2D eigenvalue weighted by molar-refractivity contribution is -0.274. The van der Waals surface area contributed by atoms with Crippen LogP contribution < -0.4 is 15.6 Å². The Kier molecular flexibility index (Phi) is 7.36. The summed E-state index contributed by atoms with van der Waals surface area (Å²) in [4.78, 5) is 30.7. The zero-order chi connectivity index (χ0) is 24.5. The Morgan fingerprint density at radius 3 is 2.59 bits per heavy atom. The summed E-state index contributed by atoms with van der Waals surface area (Å²) in [5, 5.41) is 3.58. The predicted octanol–water partition coefficient (Wildman–Crippen LogP) is 5.82. The van der Waals surface area contributed by atoms with Crippen LogP contribution in [-0.4, -0.2) is 33.3 Å². The van der Waals surface area contributed by atoms with Crippen molar-refractivity contribution in [3.63, 3.8) is 0 Å². The number of aryl methyl sites for hydroxylation is 1. The standard InChI is InChI=1S/C21H14Cl2F3N3O3S2/c22-14-6-1-11(9-15(14)23)27-17(30)10-34-20-28-16-7-8-33-18(16)19(31)29(20)12-2-4-13(5-3-12)32-21(24,25)26/h1-6,9H,7-8,10H2,(H,27,30). The van der Waals surface area contributed by atoms with Gasteiger partial charge in [0.25, 0.3) is 5.56 Å². The summed E-state index contributed by atoms with van der Waals surface area (Å²) in [6.45, 7) is 0. The van der Waals surface area contributed by atoms with Crippen LogP contribution in [0.5, 0.6) is 5.75 Å². The van der Waals surface area contributed by atoms with Crippen LogP contribution >= 0.6 is 46.7 Å². The Labute approximate surface area is 209 Å². The van der Waals surface area contributed by atoms with Crippen LogP contribution in [0.25, 0.3) is 5.69 Å². The molecule has 1 aromatic heterocycles. The number of carbonyl (C=O) groups is 1. The third-order valence-electron chi connectivity index (χ3n) is 4.53. The van der Waals surface area contributed by atoms with Crippen molar-refractivity contribution in [2.45, 2.75) is 22.8 Å². The van der Waals surface area contributed by atoms with Gasteiger partial charge in [-0.1, -0.05) is 35.0 Å². The average Bonchev–Trinajstić information content (AvgIpc) is 3.24.